The lowest BCUT2D eigenvalue weighted by Gasteiger charge is -2.28. The van der Waals surface area contributed by atoms with Crippen LogP contribution in [0.1, 0.15) is 45.4 Å². The molecule has 1 aromatic rings. The summed E-state index contributed by atoms with van der Waals surface area (Å²) >= 11 is 0. The van der Waals surface area contributed by atoms with E-state index in [1.807, 2.05) is 0 Å². The van der Waals surface area contributed by atoms with Gasteiger partial charge in [-0.15, -0.1) is 0 Å². The average Bonchev–Trinajstić information content (AvgIpc) is 2.30. The molecule has 2 rings (SSSR count). The minimum Gasteiger partial charge on any atom is -0.382 e. The van der Waals surface area contributed by atoms with Gasteiger partial charge < -0.3 is 5.32 Å². The maximum absolute atomic E-state index is 3.70. The Hall–Kier alpha value is -0.980. The van der Waals surface area contributed by atoms with E-state index in [1.54, 1.807) is 0 Å². The zero-order valence-corrected chi connectivity index (χ0v) is 10.3. The average molecular weight is 217 g/mol. The highest BCUT2D eigenvalue weighted by Gasteiger charge is 2.18. The van der Waals surface area contributed by atoms with Crippen LogP contribution in [0.3, 0.4) is 0 Å². The molecule has 0 saturated heterocycles. The van der Waals surface area contributed by atoms with Crippen molar-refractivity contribution < 1.29 is 0 Å². The first-order valence-electron chi connectivity index (χ1n) is 6.68. The van der Waals surface area contributed by atoms with Crippen molar-refractivity contribution in [3.63, 3.8) is 0 Å². The van der Waals surface area contributed by atoms with Gasteiger partial charge in [0.05, 0.1) is 0 Å². The van der Waals surface area contributed by atoms with Gasteiger partial charge in [-0.2, -0.15) is 0 Å². The van der Waals surface area contributed by atoms with Crippen LogP contribution in [0.5, 0.6) is 0 Å². The number of rotatable bonds is 2. The van der Waals surface area contributed by atoms with Gasteiger partial charge in [-0.25, -0.2) is 0 Å². The van der Waals surface area contributed by atoms with Crippen LogP contribution in [0.25, 0.3) is 0 Å². The second-order valence-corrected chi connectivity index (χ2v) is 5.09. The Kier molecular flexibility index (Phi) is 4.26. The minimum atomic E-state index is 0.669. The molecule has 0 spiro atoms. The number of nitrogens with one attached hydrogen (secondary N) is 1. The van der Waals surface area contributed by atoms with E-state index < -0.39 is 0 Å². The molecule has 0 heterocycles. The summed E-state index contributed by atoms with van der Waals surface area (Å²) in [6.45, 7) is 2.39. The van der Waals surface area contributed by atoms with Gasteiger partial charge in [0, 0.05) is 11.7 Å². The normalized spacial score (nSPS) is 26.8. The van der Waals surface area contributed by atoms with Crippen LogP contribution in [-0.4, -0.2) is 6.04 Å². The van der Waals surface area contributed by atoms with Crippen LogP contribution in [0.2, 0.25) is 0 Å². The molecule has 0 amide bonds. The van der Waals surface area contributed by atoms with Gasteiger partial charge in [0.25, 0.3) is 0 Å². The molecule has 0 bridgehead atoms. The summed E-state index contributed by atoms with van der Waals surface area (Å²) in [5.41, 5.74) is 1.28. The third kappa shape index (κ3) is 3.26. The Bertz CT molecular complexity index is 294. The van der Waals surface area contributed by atoms with E-state index in [1.165, 1.54) is 44.2 Å². The third-order valence-corrected chi connectivity index (χ3v) is 3.74. The molecule has 2 unspecified atom stereocenters. The molecule has 0 aliphatic heterocycles. The number of anilines is 1. The molecule has 1 nitrogen and oxygen atoms in total. The molecule has 1 heteroatoms. The molecule has 1 N–H and O–H groups in total. The first-order valence-corrected chi connectivity index (χ1v) is 6.68. The van der Waals surface area contributed by atoms with Crippen molar-refractivity contribution in [2.24, 2.45) is 5.92 Å². The second-order valence-electron chi connectivity index (χ2n) is 5.09. The Morgan fingerprint density at radius 1 is 0.938 bits per heavy atom. The monoisotopic (exact) mass is 217 g/mol. The highest BCUT2D eigenvalue weighted by Crippen LogP contribution is 2.25. The first-order chi connectivity index (χ1) is 7.86. The SMILES string of the molecule is CC1CCCCCCC1Nc1ccccc1. The summed E-state index contributed by atoms with van der Waals surface area (Å²) in [5, 5.41) is 3.70. The molecule has 16 heavy (non-hydrogen) atoms. The smallest absolute Gasteiger partial charge is 0.0342 e. The third-order valence-electron chi connectivity index (χ3n) is 3.74. The number of hydrogen-bond acceptors (Lipinski definition) is 1. The molecule has 1 aromatic carbocycles. The van der Waals surface area contributed by atoms with Crippen LogP contribution in [0.4, 0.5) is 5.69 Å². The van der Waals surface area contributed by atoms with E-state index >= 15 is 0 Å². The van der Waals surface area contributed by atoms with Crippen molar-refractivity contribution in [2.45, 2.75) is 51.5 Å². The summed E-state index contributed by atoms with van der Waals surface area (Å²) in [6, 6.07) is 11.3. The molecule has 0 aromatic heterocycles. The fraction of sp³-hybridized carbons (Fsp3) is 0.600. The zero-order chi connectivity index (χ0) is 11.2. The summed E-state index contributed by atoms with van der Waals surface area (Å²) in [4.78, 5) is 0. The van der Waals surface area contributed by atoms with Gasteiger partial charge in [0.2, 0.25) is 0 Å². The van der Waals surface area contributed by atoms with Crippen molar-refractivity contribution in [3.05, 3.63) is 30.3 Å². The Balaban J connectivity index is 1.95. The summed E-state index contributed by atoms with van der Waals surface area (Å²) < 4.78 is 0. The van der Waals surface area contributed by atoms with Crippen molar-refractivity contribution in [2.75, 3.05) is 5.32 Å². The first kappa shape index (κ1) is 11.5. The van der Waals surface area contributed by atoms with Crippen LogP contribution in [0, 0.1) is 5.92 Å². The molecular weight excluding hydrogens is 194 g/mol. The van der Waals surface area contributed by atoms with Crippen molar-refractivity contribution >= 4 is 5.69 Å². The van der Waals surface area contributed by atoms with Gasteiger partial charge >= 0.3 is 0 Å². The fourth-order valence-corrected chi connectivity index (χ4v) is 2.63. The van der Waals surface area contributed by atoms with Crippen molar-refractivity contribution in [3.8, 4) is 0 Å². The highest BCUT2D eigenvalue weighted by molar-refractivity contribution is 5.43. The van der Waals surface area contributed by atoms with E-state index in [0.717, 1.165) is 5.92 Å². The fourth-order valence-electron chi connectivity index (χ4n) is 2.63. The minimum absolute atomic E-state index is 0.669. The molecule has 1 fully saturated rings. The van der Waals surface area contributed by atoms with Crippen LogP contribution in [-0.2, 0) is 0 Å². The van der Waals surface area contributed by atoms with E-state index in [4.69, 9.17) is 0 Å². The van der Waals surface area contributed by atoms with Gasteiger partial charge in [-0.3, -0.25) is 0 Å². The van der Waals surface area contributed by atoms with E-state index in [-0.39, 0.29) is 0 Å². The largest absolute Gasteiger partial charge is 0.382 e. The van der Waals surface area contributed by atoms with Crippen LogP contribution < -0.4 is 5.32 Å². The van der Waals surface area contributed by atoms with Crippen LogP contribution in [0.15, 0.2) is 30.3 Å². The molecule has 1 saturated carbocycles. The van der Waals surface area contributed by atoms with E-state index in [0.29, 0.717) is 6.04 Å². The van der Waals surface area contributed by atoms with Gasteiger partial charge in [-0.1, -0.05) is 50.8 Å². The quantitative estimate of drug-likeness (QED) is 0.771. The standard InChI is InChI=1S/C15H23N/c1-13-9-5-2-3-8-12-15(13)16-14-10-6-4-7-11-14/h4,6-7,10-11,13,15-16H,2-3,5,8-9,12H2,1H3. The lowest BCUT2D eigenvalue weighted by Crippen LogP contribution is -2.28. The Morgan fingerprint density at radius 2 is 1.62 bits per heavy atom. The summed E-state index contributed by atoms with van der Waals surface area (Å²) in [6.07, 6.45) is 8.35. The van der Waals surface area contributed by atoms with Gasteiger partial charge in [-0.05, 0) is 30.9 Å². The van der Waals surface area contributed by atoms with E-state index in [9.17, 15) is 0 Å². The van der Waals surface area contributed by atoms with Gasteiger partial charge in [0.15, 0.2) is 0 Å². The summed E-state index contributed by atoms with van der Waals surface area (Å²) in [7, 11) is 0. The number of hydrogen-bond donors (Lipinski definition) is 1. The van der Waals surface area contributed by atoms with Crippen molar-refractivity contribution in [1.29, 1.82) is 0 Å². The van der Waals surface area contributed by atoms with Crippen LogP contribution >= 0.6 is 0 Å². The van der Waals surface area contributed by atoms with E-state index in [2.05, 4.69) is 42.6 Å². The lowest BCUT2D eigenvalue weighted by molar-refractivity contribution is 0.371. The highest BCUT2D eigenvalue weighted by atomic mass is 14.9. The molecule has 2 atom stereocenters. The second kappa shape index (κ2) is 5.93. The Labute approximate surface area is 99.3 Å². The number of para-hydroxylation sites is 1. The molecule has 1 aliphatic carbocycles. The maximum Gasteiger partial charge on any atom is 0.0342 e. The molecule has 1 aliphatic rings. The zero-order valence-electron chi connectivity index (χ0n) is 10.3. The Morgan fingerprint density at radius 3 is 2.38 bits per heavy atom. The topological polar surface area (TPSA) is 12.0 Å². The molecule has 0 radical (unpaired) electrons. The molecule has 88 valence electrons. The lowest BCUT2D eigenvalue weighted by atomic mass is 9.88. The molecular formula is C15H23N. The van der Waals surface area contributed by atoms with Crippen molar-refractivity contribution in [1.82, 2.24) is 0 Å². The maximum atomic E-state index is 3.70. The number of benzene rings is 1. The predicted molar refractivity (Wildman–Crippen MR) is 70.7 cm³/mol. The summed E-state index contributed by atoms with van der Waals surface area (Å²) in [5.74, 6) is 0.806. The van der Waals surface area contributed by atoms with Gasteiger partial charge in [0.1, 0.15) is 0 Å². The predicted octanol–water partition coefficient (Wildman–Crippen LogP) is 4.46.